The lowest BCUT2D eigenvalue weighted by Crippen LogP contribution is -2.58. The number of nitrogens with zero attached hydrogens (tertiary/aromatic N) is 3. The normalized spacial score (nSPS) is 27.8. The van der Waals surface area contributed by atoms with E-state index in [0.717, 1.165) is 5.56 Å². The number of cyclic esters (lactones) is 1. The van der Waals surface area contributed by atoms with Crippen LogP contribution in [0.15, 0.2) is 78.2 Å². The second-order valence-corrected chi connectivity index (χ2v) is 16.3. The Morgan fingerprint density at radius 3 is 2.10 bits per heavy atom. The van der Waals surface area contributed by atoms with Gasteiger partial charge in [0.1, 0.15) is 36.3 Å². The van der Waals surface area contributed by atoms with Gasteiger partial charge in [0.25, 0.3) is 0 Å². The van der Waals surface area contributed by atoms with Gasteiger partial charge in [-0.15, -0.1) is 0 Å². The van der Waals surface area contributed by atoms with E-state index in [1.54, 1.807) is 89.5 Å². The Morgan fingerprint density at radius 1 is 0.871 bits per heavy atom. The molecule has 62 heavy (non-hydrogen) atoms. The Morgan fingerprint density at radius 2 is 1.48 bits per heavy atom. The number of likely N-dealkylation sites (N-methyl/N-ethyl adjacent to an activating group) is 2. The van der Waals surface area contributed by atoms with Gasteiger partial charge in [0.15, 0.2) is 0 Å². The predicted molar refractivity (Wildman–Crippen MR) is 234 cm³/mol. The van der Waals surface area contributed by atoms with E-state index < -0.39 is 96.3 Å². The molecule has 0 aliphatic carbocycles. The molecule has 9 atom stereocenters. The minimum absolute atomic E-state index is 0.00875. The highest BCUT2D eigenvalue weighted by Crippen LogP contribution is 2.23. The molecule has 2 aromatic rings. The number of hydrogen-bond donors (Lipinski definition) is 5. The van der Waals surface area contributed by atoms with Gasteiger partial charge < -0.3 is 40.9 Å². The second kappa shape index (κ2) is 23.9. The third-order valence-corrected chi connectivity index (χ3v) is 11.4. The first-order chi connectivity index (χ1) is 29.3. The number of amides is 6. The molecule has 0 saturated heterocycles. The average molecular weight is 860 g/mol. The summed E-state index contributed by atoms with van der Waals surface area (Å²) in [7, 11) is 2.86. The van der Waals surface area contributed by atoms with Crippen LogP contribution in [0.2, 0.25) is 0 Å². The lowest BCUT2D eigenvalue weighted by Gasteiger charge is -2.33. The van der Waals surface area contributed by atoms with E-state index in [0.29, 0.717) is 17.6 Å². The molecule has 1 aliphatic heterocycles. The Kier molecular flexibility index (Phi) is 19.5. The molecule has 1 aromatic carbocycles. The van der Waals surface area contributed by atoms with Crippen LogP contribution >= 0.6 is 0 Å². The molecule has 0 bridgehead atoms. The van der Waals surface area contributed by atoms with Crippen molar-refractivity contribution in [3.63, 3.8) is 0 Å². The van der Waals surface area contributed by atoms with Crippen molar-refractivity contribution in [1.82, 2.24) is 36.1 Å². The molecule has 0 fully saturated rings. The van der Waals surface area contributed by atoms with Gasteiger partial charge in [-0.05, 0) is 75.8 Å². The Labute approximate surface area is 365 Å². The number of rotatable bonds is 7. The number of carbonyl (C=O) groups excluding carboxylic acids is 7. The van der Waals surface area contributed by atoms with Gasteiger partial charge in [-0.25, -0.2) is 4.79 Å². The number of aliphatic hydroxyl groups excluding tert-OH is 1. The number of hydrogen-bond acceptors (Lipinski definition) is 10. The number of benzene rings is 1. The van der Waals surface area contributed by atoms with E-state index in [1.807, 2.05) is 13.0 Å². The van der Waals surface area contributed by atoms with Crippen LogP contribution in [0.3, 0.4) is 0 Å². The van der Waals surface area contributed by atoms with Crippen LogP contribution in [0.1, 0.15) is 79.4 Å². The summed E-state index contributed by atoms with van der Waals surface area (Å²) < 4.78 is 5.89. The first-order valence-corrected chi connectivity index (χ1v) is 21.1. The molecule has 0 spiro atoms. The topological polar surface area (TPSA) is 216 Å². The maximum atomic E-state index is 14.2. The first-order valence-electron chi connectivity index (χ1n) is 21.1. The average Bonchev–Trinajstić information content (AvgIpc) is 3.26. The van der Waals surface area contributed by atoms with Crippen molar-refractivity contribution >= 4 is 41.4 Å². The van der Waals surface area contributed by atoms with E-state index in [4.69, 9.17) is 4.74 Å². The molecule has 1 aliphatic rings. The lowest BCUT2D eigenvalue weighted by molar-refractivity contribution is -0.155. The van der Waals surface area contributed by atoms with Gasteiger partial charge in [-0.2, -0.15) is 0 Å². The number of allylic oxidation sites excluding steroid dienone is 1. The van der Waals surface area contributed by atoms with Crippen molar-refractivity contribution in [2.24, 2.45) is 11.8 Å². The summed E-state index contributed by atoms with van der Waals surface area (Å²) in [5.74, 6) is -5.52. The molecule has 2 heterocycles. The number of aromatic nitrogens is 1. The molecule has 0 saturated carbocycles. The number of ether oxygens (including phenoxy) is 1. The number of carbonyl (C=O) groups is 7. The molecule has 0 radical (unpaired) electrons. The monoisotopic (exact) mass is 859 g/mol. The second-order valence-electron chi connectivity index (χ2n) is 16.3. The van der Waals surface area contributed by atoms with Crippen LogP contribution in [0.5, 0.6) is 0 Å². The largest absolute Gasteiger partial charge is 0.456 e. The highest BCUT2D eigenvalue weighted by Gasteiger charge is 2.36. The summed E-state index contributed by atoms with van der Waals surface area (Å²) >= 11 is 0. The quantitative estimate of drug-likeness (QED) is 0.203. The molecule has 1 aromatic heterocycles. The molecule has 5 N–H and O–H groups in total. The molecule has 16 heteroatoms. The molecule has 16 nitrogen and oxygen atoms in total. The number of pyridine rings is 1. The zero-order valence-electron chi connectivity index (χ0n) is 37.6. The van der Waals surface area contributed by atoms with Crippen molar-refractivity contribution in [3.8, 4) is 0 Å². The maximum Gasteiger partial charge on any atom is 0.328 e. The van der Waals surface area contributed by atoms with E-state index in [1.165, 1.54) is 43.8 Å². The predicted octanol–water partition coefficient (Wildman–Crippen LogP) is 2.40. The zero-order chi connectivity index (χ0) is 46.3. The fraction of sp³-hybridized carbons (Fsp3) is 0.522. The molecule has 3 rings (SSSR count). The highest BCUT2D eigenvalue weighted by atomic mass is 16.5. The summed E-state index contributed by atoms with van der Waals surface area (Å²) in [6.45, 7) is 12.8. The molecular formula is C46H65N7O9. The van der Waals surface area contributed by atoms with Crippen molar-refractivity contribution < 1.29 is 43.4 Å². The van der Waals surface area contributed by atoms with Crippen molar-refractivity contribution in [1.29, 1.82) is 0 Å². The minimum Gasteiger partial charge on any atom is -0.456 e. The van der Waals surface area contributed by atoms with Crippen LogP contribution in [0.25, 0.3) is 0 Å². The van der Waals surface area contributed by atoms with Crippen molar-refractivity contribution in [2.45, 2.75) is 123 Å². The van der Waals surface area contributed by atoms with Crippen LogP contribution in [-0.2, 0) is 51.1 Å². The lowest BCUT2D eigenvalue weighted by atomic mass is 9.90. The van der Waals surface area contributed by atoms with E-state index in [9.17, 15) is 38.7 Å². The summed E-state index contributed by atoms with van der Waals surface area (Å²) in [5.41, 5.74) is 2.27. The van der Waals surface area contributed by atoms with Gasteiger partial charge in [0, 0.05) is 50.8 Å². The third-order valence-electron chi connectivity index (χ3n) is 11.4. The van der Waals surface area contributed by atoms with Crippen LogP contribution < -0.4 is 21.3 Å². The smallest absolute Gasteiger partial charge is 0.328 e. The molecule has 338 valence electrons. The van der Waals surface area contributed by atoms with Crippen LogP contribution in [-0.4, -0.2) is 124 Å². The summed E-state index contributed by atoms with van der Waals surface area (Å²) in [6.07, 6.45) is 5.01. The van der Waals surface area contributed by atoms with Crippen LogP contribution in [0, 0.1) is 11.8 Å². The number of esters is 1. The Balaban J connectivity index is 2.07. The molecular weight excluding hydrogens is 795 g/mol. The number of nitrogens with one attached hydrogen (secondary N) is 4. The van der Waals surface area contributed by atoms with E-state index in [-0.39, 0.29) is 30.8 Å². The zero-order valence-corrected chi connectivity index (χ0v) is 37.6. The van der Waals surface area contributed by atoms with Gasteiger partial charge >= 0.3 is 5.97 Å². The molecule has 6 amide bonds. The Bertz CT molecular complexity index is 1940. The van der Waals surface area contributed by atoms with Gasteiger partial charge in [0.2, 0.25) is 35.4 Å². The standard InChI is InChI=1S/C46H65N7O9/c1-11-27(3)39-43(58)49-32(8)46(61)62-40(28(4)12-2)30(6)37(54)19-18-29(5)41(56)50-35(24-34-20-22-47-23-21-34)42(57)48-31(7)44(59)53(10)36(25-33-16-14-13-15-17-33)45(60)52(9)26-38(55)51-39/h12-18,20-23,27,30-32,35-37,39-40,54H,11,19,24-26H2,1-10H3,(H,48,57)(H,49,58)(H,50,56)(H,51,55)/b28-12+,29-18+/t27?,30-,31-,32+,35+,36+,37-,39-,40+/m0/s1. The SMILES string of the molecule is C/C=C(\C)[C@H]1OC(=O)[C@@H](C)NC(=O)[C@H](C(C)CC)NC(=O)CN(C)C(=O)[C@@H](Cc2ccccc2)N(C)C(=O)[C@H](C)NC(=O)[C@@H](Cc2ccncc2)NC(=O)/C(C)=C/C[C@H](O)[C@@H]1C. The van der Waals surface area contributed by atoms with Crippen LogP contribution in [0.4, 0.5) is 0 Å². The maximum absolute atomic E-state index is 14.2. The molecule has 1 unspecified atom stereocenters. The summed E-state index contributed by atoms with van der Waals surface area (Å²) in [6, 6.07) is 6.76. The van der Waals surface area contributed by atoms with E-state index >= 15 is 0 Å². The summed E-state index contributed by atoms with van der Waals surface area (Å²) in [5, 5.41) is 22.2. The van der Waals surface area contributed by atoms with Crippen molar-refractivity contribution in [2.75, 3.05) is 20.6 Å². The van der Waals surface area contributed by atoms with Crippen molar-refractivity contribution in [3.05, 3.63) is 89.3 Å². The fourth-order valence-corrected chi connectivity index (χ4v) is 6.94. The Hall–Kier alpha value is -5.90. The van der Waals surface area contributed by atoms with Gasteiger partial charge in [-0.1, -0.05) is 69.7 Å². The highest BCUT2D eigenvalue weighted by molar-refractivity contribution is 5.98. The first kappa shape index (κ1) is 50.5. The number of aliphatic hydroxyl groups is 1. The van der Waals surface area contributed by atoms with E-state index in [2.05, 4.69) is 26.3 Å². The van der Waals surface area contributed by atoms with Gasteiger partial charge in [0.05, 0.1) is 12.6 Å². The fourth-order valence-electron chi connectivity index (χ4n) is 6.94. The summed E-state index contributed by atoms with van der Waals surface area (Å²) in [4.78, 5) is 103. The van der Waals surface area contributed by atoms with Gasteiger partial charge in [-0.3, -0.25) is 33.8 Å². The minimum atomic E-state index is -1.16. The third kappa shape index (κ3) is 14.4.